The van der Waals surface area contributed by atoms with Crippen LogP contribution in [0.25, 0.3) is 0 Å². The number of benzene rings is 1. The molecule has 128 valence electrons. The minimum atomic E-state index is 0.0772. The molecular weight excluding hydrogens is 316 g/mol. The molecule has 0 bridgehead atoms. The molecule has 2 unspecified atom stereocenters. The lowest BCUT2D eigenvalue weighted by Crippen LogP contribution is -2.47. The normalized spacial score (nSPS) is 29.5. The number of hydrogen-bond acceptors (Lipinski definition) is 3. The Morgan fingerprint density at radius 1 is 1.12 bits per heavy atom. The fraction of sp³-hybridized carbons (Fsp3) is 0.600. The first-order valence-electron chi connectivity index (χ1n) is 9.37. The first kappa shape index (κ1) is 16.2. The molecule has 2 heterocycles. The first-order valence-corrected chi connectivity index (χ1v) is 9.77. The number of Topliss-reactive ketones (excluding diaryl/α,β-unsaturated/α-hetero) is 1. The van der Waals surface area contributed by atoms with Crippen molar-refractivity contribution >= 4 is 23.0 Å². The third kappa shape index (κ3) is 3.02. The Morgan fingerprint density at radius 2 is 1.88 bits per heavy atom. The van der Waals surface area contributed by atoms with E-state index in [4.69, 9.17) is 12.2 Å². The minimum absolute atomic E-state index is 0.0772. The number of thiocarbonyl (C=S) groups is 1. The number of carbonyl (C=O) groups is 1. The van der Waals surface area contributed by atoms with Crippen molar-refractivity contribution in [1.29, 1.82) is 0 Å². The third-order valence-electron chi connectivity index (χ3n) is 6.02. The van der Waals surface area contributed by atoms with Crippen LogP contribution < -0.4 is 5.32 Å². The molecule has 3 atom stereocenters. The van der Waals surface area contributed by atoms with Gasteiger partial charge in [-0.2, -0.15) is 0 Å². The van der Waals surface area contributed by atoms with E-state index in [9.17, 15) is 4.79 Å². The Hall–Kier alpha value is -1.26. The van der Waals surface area contributed by atoms with Crippen LogP contribution in [0.5, 0.6) is 0 Å². The van der Waals surface area contributed by atoms with Crippen LogP contribution in [0.2, 0.25) is 0 Å². The average molecular weight is 343 g/mol. The third-order valence-corrected chi connectivity index (χ3v) is 6.53. The Bertz CT molecular complexity index is 638. The lowest BCUT2D eigenvalue weighted by atomic mass is 9.77. The second kappa shape index (κ2) is 6.93. The lowest BCUT2D eigenvalue weighted by molar-refractivity contribution is -0.127. The molecule has 4 heteroatoms. The highest BCUT2D eigenvalue weighted by Gasteiger charge is 2.40. The van der Waals surface area contributed by atoms with Crippen LogP contribution in [0.15, 0.2) is 24.3 Å². The zero-order valence-electron chi connectivity index (χ0n) is 14.2. The molecule has 1 N–H and O–H groups in total. The number of fused-ring (bicyclic) bond motifs is 1. The summed E-state index contributed by atoms with van der Waals surface area (Å²) in [5.74, 6) is 0.697. The van der Waals surface area contributed by atoms with Gasteiger partial charge >= 0.3 is 0 Å². The van der Waals surface area contributed by atoms with E-state index in [1.165, 1.54) is 24.0 Å². The number of hydrogen-bond donors (Lipinski definition) is 1. The monoisotopic (exact) mass is 342 g/mol. The van der Waals surface area contributed by atoms with Crippen molar-refractivity contribution in [3.63, 3.8) is 0 Å². The molecule has 2 saturated heterocycles. The summed E-state index contributed by atoms with van der Waals surface area (Å²) in [6.45, 7) is 3.04. The molecule has 24 heavy (non-hydrogen) atoms. The van der Waals surface area contributed by atoms with Crippen molar-refractivity contribution in [3.05, 3.63) is 35.4 Å². The van der Waals surface area contributed by atoms with Gasteiger partial charge in [0.25, 0.3) is 0 Å². The molecule has 1 aromatic rings. The molecule has 0 amide bonds. The van der Waals surface area contributed by atoms with Crippen molar-refractivity contribution < 1.29 is 4.79 Å². The van der Waals surface area contributed by atoms with E-state index in [0.29, 0.717) is 5.78 Å². The van der Waals surface area contributed by atoms with Crippen LogP contribution in [0.4, 0.5) is 0 Å². The highest BCUT2D eigenvalue weighted by molar-refractivity contribution is 7.80. The van der Waals surface area contributed by atoms with Crippen LogP contribution in [0, 0.1) is 11.8 Å². The molecule has 3 nitrogen and oxygen atoms in total. The highest BCUT2D eigenvalue weighted by atomic mass is 32.1. The van der Waals surface area contributed by atoms with Crippen LogP contribution in [-0.4, -0.2) is 41.3 Å². The lowest BCUT2D eigenvalue weighted by Gasteiger charge is -2.30. The molecule has 0 radical (unpaired) electrons. The van der Waals surface area contributed by atoms with E-state index in [1.54, 1.807) is 0 Å². The van der Waals surface area contributed by atoms with E-state index >= 15 is 0 Å². The number of carbonyl (C=O) groups excluding carboxylic acids is 1. The first-order chi connectivity index (χ1) is 11.7. The molecule has 1 aromatic carbocycles. The van der Waals surface area contributed by atoms with Gasteiger partial charge in [0, 0.05) is 24.9 Å². The predicted molar refractivity (Wildman–Crippen MR) is 100 cm³/mol. The predicted octanol–water partition coefficient (Wildman–Crippen LogP) is 2.76. The molecular formula is C20H26N2OS. The molecule has 0 spiro atoms. The number of aryl methyl sites for hydroxylation is 1. The van der Waals surface area contributed by atoms with Gasteiger partial charge in [-0.05, 0) is 56.2 Å². The summed E-state index contributed by atoms with van der Waals surface area (Å²) in [7, 11) is 0. The van der Waals surface area contributed by atoms with Gasteiger partial charge in [0.1, 0.15) is 5.78 Å². The Labute approximate surface area is 149 Å². The topological polar surface area (TPSA) is 32.3 Å². The summed E-state index contributed by atoms with van der Waals surface area (Å²) in [6.07, 6.45) is 6.34. The summed E-state index contributed by atoms with van der Waals surface area (Å²) in [5, 5.41) is 3.52. The molecule has 0 aromatic heterocycles. The smallest absolute Gasteiger partial charge is 0.141 e. The number of nitrogens with one attached hydrogen (secondary N) is 1. The van der Waals surface area contributed by atoms with Crippen LogP contribution in [0.3, 0.4) is 0 Å². The molecule has 0 saturated carbocycles. The molecule has 1 aliphatic carbocycles. The largest absolute Gasteiger partial charge is 0.365 e. The second-order valence-electron chi connectivity index (χ2n) is 7.47. The summed E-state index contributed by atoms with van der Waals surface area (Å²) in [5.41, 5.74) is 2.79. The van der Waals surface area contributed by atoms with Gasteiger partial charge in [0.15, 0.2) is 0 Å². The van der Waals surface area contributed by atoms with Crippen molar-refractivity contribution in [2.45, 2.75) is 44.6 Å². The fourth-order valence-corrected chi connectivity index (χ4v) is 5.08. The van der Waals surface area contributed by atoms with E-state index < -0.39 is 0 Å². The van der Waals surface area contributed by atoms with Gasteiger partial charge in [0.05, 0.1) is 11.0 Å². The maximum atomic E-state index is 13.2. The summed E-state index contributed by atoms with van der Waals surface area (Å²) >= 11 is 5.75. The van der Waals surface area contributed by atoms with E-state index in [0.717, 1.165) is 50.3 Å². The van der Waals surface area contributed by atoms with Crippen molar-refractivity contribution in [1.82, 2.24) is 10.2 Å². The van der Waals surface area contributed by atoms with Gasteiger partial charge in [-0.15, -0.1) is 0 Å². The maximum Gasteiger partial charge on any atom is 0.141 e. The van der Waals surface area contributed by atoms with Gasteiger partial charge in [-0.25, -0.2) is 0 Å². The maximum absolute atomic E-state index is 13.2. The van der Waals surface area contributed by atoms with Crippen LogP contribution in [0.1, 0.15) is 36.8 Å². The molecule has 2 fully saturated rings. The SMILES string of the molecule is O=C(C1CCc2ccccc2C1)C1CCN[C@H]1C(=S)N1CCCC1. The zero-order chi connectivity index (χ0) is 16.5. The number of rotatable bonds is 3. The van der Waals surface area contributed by atoms with E-state index in [1.807, 2.05) is 0 Å². The summed E-state index contributed by atoms with van der Waals surface area (Å²) in [6, 6.07) is 8.68. The Balaban J connectivity index is 1.46. The van der Waals surface area contributed by atoms with E-state index in [-0.39, 0.29) is 17.9 Å². The molecule has 2 aliphatic heterocycles. The van der Waals surface area contributed by atoms with Gasteiger partial charge < -0.3 is 10.2 Å². The molecule has 4 rings (SSSR count). The van der Waals surface area contributed by atoms with Crippen LogP contribution >= 0.6 is 12.2 Å². The number of nitrogens with zero attached hydrogens (tertiary/aromatic N) is 1. The summed E-state index contributed by atoms with van der Waals surface area (Å²) < 4.78 is 0. The Morgan fingerprint density at radius 3 is 2.67 bits per heavy atom. The van der Waals surface area contributed by atoms with Gasteiger partial charge in [-0.1, -0.05) is 36.5 Å². The standard InChI is InChI=1S/C20H26N2OS/c23-19(16-8-7-14-5-1-2-6-15(14)13-16)17-9-10-21-18(17)20(24)22-11-3-4-12-22/h1-2,5-6,16-18,21H,3-4,7-13H2/t16?,17?,18-/m1/s1. The minimum Gasteiger partial charge on any atom is -0.365 e. The molecule has 3 aliphatic rings. The van der Waals surface area contributed by atoms with Crippen molar-refractivity contribution in [2.24, 2.45) is 11.8 Å². The Kier molecular flexibility index (Phi) is 4.68. The van der Waals surface area contributed by atoms with Gasteiger partial charge in [0.2, 0.25) is 0 Å². The zero-order valence-corrected chi connectivity index (χ0v) is 15.0. The number of likely N-dealkylation sites (tertiary alicyclic amines) is 1. The van der Waals surface area contributed by atoms with Crippen molar-refractivity contribution in [3.8, 4) is 0 Å². The number of ketones is 1. The van der Waals surface area contributed by atoms with Gasteiger partial charge in [-0.3, -0.25) is 4.79 Å². The van der Waals surface area contributed by atoms with E-state index in [2.05, 4.69) is 34.5 Å². The summed E-state index contributed by atoms with van der Waals surface area (Å²) in [4.78, 5) is 16.5. The van der Waals surface area contributed by atoms with Crippen LogP contribution in [-0.2, 0) is 17.6 Å². The second-order valence-corrected chi connectivity index (χ2v) is 7.89. The fourth-order valence-electron chi connectivity index (χ4n) is 4.65. The van der Waals surface area contributed by atoms with Crippen molar-refractivity contribution in [2.75, 3.05) is 19.6 Å². The quantitative estimate of drug-likeness (QED) is 0.856. The average Bonchev–Trinajstić information content (AvgIpc) is 3.31. The highest BCUT2D eigenvalue weighted by Crippen LogP contribution is 2.31.